The Morgan fingerprint density at radius 3 is 2.62 bits per heavy atom. The molecule has 9 nitrogen and oxygen atoms in total. The summed E-state index contributed by atoms with van der Waals surface area (Å²) in [5.41, 5.74) is 3.55. The second-order valence-electron chi connectivity index (χ2n) is 9.00. The molecule has 1 aliphatic rings. The Morgan fingerprint density at radius 1 is 1.05 bits per heavy atom. The largest absolute Gasteiger partial charge is 0.321 e. The summed E-state index contributed by atoms with van der Waals surface area (Å²) >= 11 is 6.15. The molecule has 0 radical (unpaired) electrons. The van der Waals surface area contributed by atoms with Gasteiger partial charge in [0.2, 0.25) is 6.17 Å². The van der Waals surface area contributed by atoms with E-state index >= 15 is 0 Å². The number of benzene rings is 2. The number of fused-ring (bicyclic) bond motifs is 2. The molecule has 2 N–H and O–H groups in total. The molecule has 0 spiro atoms. The van der Waals surface area contributed by atoms with Gasteiger partial charge in [0.1, 0.15) is 16.7 Å². The minimum Gasteiger partial charge on any atom is -0.321 e. The number of carbonyl (C=O) groups is 2. The highest BCUT2D eigenvalue weighted by molar-refractivity contribution is 6.29. The minimum atomic E-state index is -1.40. The summed E-state index contributed by atoms with van der Waals surface area (Å²) in [6, 6.07) is 20.4. The van der Waals surface area contributed by atoms with Gasteiger partial charge in [0, 0.05) is 28.6 Å². The molecule has 0 unspecified atom stereocenters. The molecule has 2 aromatic carbocycles. The molecule has 5 aromatic rings. The van der Waals surface area contributed by atoms with E-state index < -0.39 is 23.8 Å². The van der Waals surface area contributed by atoms with E-state index in [0.29, 0.717) is 33.7 Å². The number of hydrogen-bond donors (Lipinski definition) is 2. The van der Waals surface area contributed by atoms with E-state index in [9.17, 15) is 14.0 Å². The normalized spacial score (nSPS) is 14.7. The highest BCUT2D eigenvalue weighted by Gasteiger charge is 2.31. The Labute approximate surface area is 232 Å². The average molecular weight is 554 g/mol. The zero-order valence-corrected chi connectivity index (χ0v) is 21.9. The van der Waals surface area contributed by atoms with Crippen LogP contribution in [-0.2, 0) is 11.2 Å². The fourth-order valence-corrected chi connectivity index (χ4v) is 4.64. The van der Waals surface area contributed by atoms with E-state index in [-0.39, 0.29) is 16.5 Å². The van der Waals surface area contributed by atoms with Crippen LogP contribution in [0, 0.1) is 5.82 Å². The lowest BCUT2D eigenvalue weighted by molar-refractivity contribution is -0.117. The number of pyridine rings is 1. The number of anilines is 1. The summed E-state index contributed by atoms with van der Waals surface area (Å²) in [6.45, 7) is 1.99. The first-order valence-electron chi connectivity index (χ1n) is 12.5. The van der Waals surface area contributed by atoms with Gasteiger partial charge in [-0.15, -0.1) is 0 Å². The summed E-state index contributed by atoms with van der Waals surface area (Å²) in [5.74, 6) is -2.01. The van der Waals surface area contributed by atoms with Crippen molar-refractivity contribution < 1.29 is 14.0 Å². The van der Waals surface area contributed by atoms with Crippen LogP contribution in [0.5, 0.6) is 0 Å². The maximum atomic E-state index is 14.8. The first-order chi connectivity index (χ1) is 19.4. The van der Waals surface area contributed by atoms with Gasteiger partial charge in [-0.05, 0) is 36.8 Å². The van der Waals surface area contributed by atoms with Crippen molar-refractivity contribution in [3.05, 3.63) is 112 Å². The van der Waals surface area contributed by atoms with Gasteiger partial charge in [0.15, 0.2) is 11.3 Å². The van der Waals surface area contributed by atoms with Gasteiger partial charge in [-0.3, -0.25) is 14.6 Å². The molecule has 1 atom stereocenters. The standard InChI is InChI=1S/C29H21ClFN7O2/c1-2-18-12-11-17(15-32-18)24-26(38-22(33-24)14-13-21(30)37-38)28(39)36-27-29(40)35-25-19(9-6-10-20(25)31)23(34-27)16-7-4-3-5-8-16/h3-15,27H,2H2,1H3,(H,35,40)(H,36,39)/t27-/m1/s1. The Morgan fingerprint density at radius 2 is 1.88 bits per heavy atom. The molecule has 1 aliphatic heterocycles. The number of carbonyl (C=O) groups excluding carboxylic acids is 2. The average Bonchev–Trinajstić information content (AvgIpc) is 3.28. The number of halogens is 2. The van der Waals surface area contributed by atoms with Gasteiger partial charge < -0.3 is 10.6 Å². The third-order valence-electron chi connectivity index (χ3n) is 6.46. The summed E-state index contributed by atoms with van der Waals surface area (Å²) < 4.78 is 16.1. The van der Waals surface area contributed by atoms with Crippen molar-refractivity contribution in [2.45, 2.75) is 19.5 Å². The Balaban J connectivity index is 1.45. The quantitative estimate of drug-likeness (QED) is 0.328. The number of amides is 2. The Bertz CT molecular complexity index is 1800. The summed E-state index contributed by atoms with van der Waals surface area (Å²) in [7, 11) is 0. The minimum absolute atomic E-state index is 0.0159. The monoisotopic (exact) mass is 553 g/mol. The lowest BCUT2D eigenvalue weighted by atomic mass is 10.0. The number of imidazole rings is 1. The molecular weight excluding hydrogens is 533 g/mol. The van der Waals surface area contributed by atoms with Crippen LogP contribution in [0.1, 0.15) is 34.2 Å². The van der Waals surface area contributed by atoms with Crippen LogP contribution < -0.4 is 10.6 Å². The molecule has 198 valence electrons. The first-order valence-corrected chi connectivity index (χ1v) is 12.8. The maximum absolute atomic E-state index is 14.8. The van der Waals surface area contributed by atoms with Gasteiger partial charge in [-0.25, -0.2) is 18.9 Å². The fourth-order valence-electron chi connectivity index (χ4n) is 4.50. The zero-order chi connectivity index (χ0) is 27.8. The topological polar surface area (TPSA) is 114 Å². The third-order valence-corrected chi connectivity index (χ3v) is 6.66. The molecule has 0 fully saturated rings. The highest BCUT2D eigenvalue weighted by Crippen LogP contribution is 2.28. The van der Waals surface area contributed by atoms with Crippen molar-refractivity contribution in [1.82, 2.24) is 24.9 Å². The number of para-hydroxylation sites is 1. The molecule has 40 heavy (non-hydrogen) atoms. The maximum Gasteiger partial charge on any atom is 0.274 e. The van der Waals surface area contributed by atoms with Crippen LogP contribution in [0.15, 0.2) is 84.0 Å². The highest BCUT2D eigenvalue weighted by atomic mass is 35.5. The van der Waals surface area contributed by atoms with E-state index in [2.05, 4.69) is 30.7 Å². The molecule has 11 heteroatoms. The lowest BCUT2D eigenvalue weighted by Crippen LogP contribution is -2.43. The number of hydrogen-bond acceptors (Lipinski definition) is 6. The molecule has 0 saturated heterocycles. The predicted octanol–water partition coefficient (Wildman–Crippen LogP) is 4.69. The van der Waals surface area contributed by atoms with Crippen molar-refractivity contribution in [2.75, 3.05) is 5.32 Å². The van der Waals surface area contributed by atoms with E-state index in [1.165, 1.54) is 16.6 Å². The smallest absolute Gasteiger partial charge is 0.274 e. The van der Waals surface area contributed by atoms with Crippen molar-refractivity contribution in [1.29, 1.82) is 0 Å². The molecule has 2 amide bonds. The van der Waals surface area contributed by atoms with Crippen LogP contribution in [-0.4, -0.2) is 43.3 Å². The van der Waals surface area contributed by atoms with Crippen LogP contribution in [0.3, 0.4) is 0 Å². The van der Waals surface area contributed by atoms with E-state index in [0.717, 1.165) is 12.1 Å². The van der Waals surface area contributed by atoms with Gasteiger partial charge in [-0.1, -0.05) is 61.0 Å². The molecule has 6 rings (SSSR count). The fraction of sp³-hybridized carbons (Fsp3) is 0.103. The molecule has 0 aliphatic carbocycles. The molecule has 0 bridgehead atoms. The molecular formula is C29H21ClFN7O2. The molecule has 3 aromatic heterocycles. The van der Waals surface area contributed by atoms with Crippen LogP contribution >= 0.6 is 11.6 Å². The zero-order valence-electron chi connectivity index (χ0n) is 21.1. The number of rotatable bonds is 5. The second kappa shape index (κ2) is 10.3. The van der Waals surface area contributed by atoms with Gasteiger partial charge >= 0.3 is 0 Å². The molecule has 4 heterocycles. The molecule has 0 saturated carbocycles. The number of benzodiazepines with no additional fused rings is 1. The number of aromatic nitrogens is 4. The Hall–Kier alpha value is -4.96. The van der Waals surface area contributed by atoms with E-state index in [1.54, 1.807) is 36.5 Å². The van der Waals surface area contributed by atoms with Gasteiger partial charge in [0.25, 0.3) is 11.8 Å². The summed E-state index contributed by atoms with van der Waals surface area (Å²) in [4.78, 5) is 40.8. The number of aryl methyl sites for hydroxylation is 1. The SMILES string of the molecule is CCc1ccc(-c2nc3ccc(Cl)nn3c2C(=O)N[C@H]2N=C(c3ccccc3)c3cccc(F)c3NC2=O)cn1. The van der Waals surface area contributed by atoms with Gasteiger partial charge in [0.05, 0.1) is 11.4 Å². The van der Waals surface area contributed by atoms with Crippen LogP contribution in [0.2, 0.25) is 5.15 Å². The van der Waals surface area contributed by atoms with E-state index in [1.807, 2.05) is 37.3 Å². The van der Waals surface area contributed by atoms with Crippen LogP contribution in [0.25, 0.3) is 16.9 Å². The summed E-state index contributed by atoms with van der Waals surface area (Å²) in [5, 5.41) is 9.68. The number of nitrogens with zero attached hydrogens (tertiary/aromatic N) is 5. The lowest BCUT2D eigenvalue weighted by Gasteiger charge is -2.14. The van der Waals surface area contributed by atoms with Crippen molar-refractivity contribution in [3.8, 4) is 11.3 Å². The predicted molar refractivity (Wildman–Crippen MR) is 149 cm³/mol. The number of nitrogens with one attached hydrogen (secondary N) is 2. The first kappa shape index (κ1) is 25.3. The second-order valence-corrected chi connectivity index (χ2v) is 9.39. The van der Waals surface area contributed by atoms with Crippen molar-refractivity contribution in [3.63, 3.8) is 0 Å². The van der Waals surface area contributed by atoms with Crippen LogP contribution in [0.4, 0.5) is 10.1 Å². The summed E-state index contributed by atoms with van der Waals surface area (Å²) in [6.07, 6.45) is 0.979. The van der Waals surface area contributed by atoms with Crippen molar-refractivity contribution >= 4 is 40.5 Å². The van der Waals surface area contributed by atoms with Gasteiger partial charge in [-0.2, -0.15) is 5.10 Å². The Kier molecular flexibility index (Phi) is 6.53. The number of aliphatic imine (C=N–C) groups is 1. The van der Waals surface area contributed by atoms with E-state index in [4.69, 9.17) is 11.6 Å². The van der Waals surface area contributed by atoms with Crippen molar-refractivity contribution in [2.24, 2.45) is 4.99 Å². The third kappa shape index (κ3) is 4.58.